The van der Waals surface area contributed by atoms with Crippen LogP contribution in [0.3, 0.4) is 0 Å². The van der Waals surface area contributed by atoms with E-state index in [2.05, 4.69) is 75.9 Å². The lowest BCUT2D eigenvalue weighted by molar-refractivity contribution is 0.279. The lowest BCUT2D eigenvalue weighted by Gasteiger charge is -2.56. The van der Waals surface area contributed by atoms with Gasteiger partial charge in [0.15, 0.2) is 0 Å². The lowest BCUT2D eigenvalue weighted by Crippen LogP contribution is -2.55. The summed E-state index contributed by atoms with van der Waals surface area (Å²) < 4.78 is 0. The maximum Gasteiger partial charge on any atom is 0.0662 e. The number of aliphatic imine (C=N–C) groups is 1. The van der Waals surface area contributed by atoms with Gasteiger partial charge in [-0.3, -0.25) is 4.99 Å². The molecule has 5 rings (SSSR count). The van der Waals surface area contributed by atoms with Crippen LogP contribution in [-0.4, -0.2) is 12.3 Å². The molecule has 2 heterocycles. The Bertz CT molecular complexity index is 1030. The minimum absolute atomic E-state index is 0.0561. The maximum atomic E-state index is 5.21. The van der Waals surface area contributed by atoms with Crippen molar-refractivity contribution in [3.63, 3.8) is 0 Å². The Morgan fingerprint density at radius 1 is 1.00 bits per heavy atom. The van der Waals surface area contributed by atoms with Gasteiger partial charge in [0.05, 0.1) is 11.2 Å². The molecular weight excluding hydrogens is 376 g/mol. The molecule has 31 heavy (non-hydrogen) atoms. The zero-order chi connectivity index (χ0) is 21.8. The van der Waals surface area contributed by atoms with Crippen LogP contribution in [0.15, 0.2) is 41.4 Å². The van der Waals surface area contributed by atoms with Gasteiger partial charge in [0.25, 0.3) is 0 Å². The summed E-state index contributed by atoms with van der Waals surface area (Å²) in [5.41, 5.74) is 9.97. The van der Waals surface area contributed by atoms with Crippen molar-refractivity contribution in [2.75, 3.05) is 11.4 Å². The van der Waals surface area contributed by atoms with Crippen LogP contribution in [0, 0.1) is 12.8 Å². The third-order valence-electron chi connectivity index (χ3n) is 8.41. The smallest absolute Gasteiger partial charge is 0.0662 e. The number of fused-ring (bicyclic) bond motifs is 5. The minimum Gasteiger partial charge on any atom is -0.361 e. The zero-order valence-electron chi connectivity index (χ0n) is 20.1. The standard InChI is InChI=1S/C29H38N2/c1-20-17-27-25(18-26(20)30-21(2)22-11-7-6-8-12-22)28(3,4)19-29(5)24-14-10-9-13-23(24)15-16-31(27)29/h9-10,13-14,17-18,22H,6-8,11-12,15-16,19H2,1-5H3. The van der Waals surface area contributed by atoms with E-state index in [-0.39, 0.29) is 11.0 Å². The highest BCUT2D eigenvalue weighted by Crippen LogP contribution is 2.54. The topological polar surface area (TPSA) is 15.6 Å². The summed E-state index contributed by atoms with van der Waals surface area (Å²) in [5.74, 6) is 0.680. The average molecular weight is 415 g/mol. The number of hydrogen-bond acceptors (Lipinski definition) is 2. The largest absolute Gasteiger partial charge is 0.361 e. The fourth-order valence-corrected chi connectivity index (χ4v) is 6.79. The summed E-state index contributed by atoms with van der Waals surface area (Å²) in [7, 11) is 0. The van der Waals surface area contributed by atoms with Crippen molar-refractivity contribution in [2.24, 2.45) is 10.9 Å². The van der Waals surface area contributed by atoms with Gasteiger partial charge >= 0.3 is 0 Å². The van der Waals surface area contributed by atoms with E-state index >= 15 is 0 Å². The first kappa shape index (κ1) is 20.8. The van der Waals surface area contributed by atoms with Crippen LogP contribution in [0.1, 0.15) is 88.5 Å². The van der Waals surface area contributed by atoms with Crippen LogP contribution in [0.4, 0.5) is 11.4 Å². The fraction of sp³-hybridized carbons (Fsp3) is 0.552. The molecule has 1 atom stereocenters. The molecule has 0 radical (unpaired) electrons. The molecule has 0 aromatic heterocycles. The summed E-state index contributed by atoms with van der Waals surface area (Å²) >= 11 is 0. The van der Waals surface area contributed by atoms with Gasteiger partial charge in [0.1, 0.15) is 0 Å². The van der Waals surface area contributed by atoms with Gasteiger partial charge in [-0.15, -0.1) is 0 Å². The van der Waals surface area contributed by atoms with Crippen LogP contribution in [0.25, 0.3) is 0 Å². The molecule has 2 aromatic carbocycles. The second-order valence-electron chi connectivity index (χ2n) is 11.1. The number of anilines is 1. The summed E-state index contributed by atoms with van der Waals surface area (Å²) in [4.78, 5) is 7.91. The van der Waals surface area contributed by atoms with Gasteiger partial charge in [-0.2, -0.15) is 0 Å². The molecule has 0 amide bonds. The molecule has 1 saturated carbocycles. The first-order valence-electron chi connectivity index (χ1n) is 12.4. The van der Waals surface area contributed by atoms with Crippen molar-refractivity contribution in [2.45, 2.75) is 90.5 Å². The molecule has 3 aliphatic rings. The minimum atomic E-state index is 0.0561. The summed E-state index contributed by atoms with van der Waals surface area (Å²) in [6.07, 6.45) is 9.02. The summed E-state index contributed by atoms with van der Waals surface area (Å²) in [6.45, 7) is 12.9. The van der Waals surface area contributed by atoms with Crippen LogP contribution < -0.4 is 4.90 Å². The second-order valence-corrected chi connectivity index (χ2v) is 11.1. The quantitative estimate of drug-likeness (QED) is 0.461. The van der Waals surface area contributed by atoms with Gasteiger partial charge in [-0.1, -0.05) is 57.4 Å². The number of aryl methyl sites for hydroxylation is 1. The van der Waals surface area contributed by atoms with E-state index in [1.165, 1.54) is 71.4 Å². The van der Waals surface area contributed by atoms with Gasteiger partial charge in [0, 0.05) is 17.9 Å². The van der Waals surface area contributed by atoms with Crippen LogP contribution in [0.2, 0.25) is 0 Å². The highest BCUT2D eigenvalue weighted by molar-refractivity contribution is 5.87. The third-order valence-corrected chi connectivity index (χ3v) is 8.41. The molecule has 1 fully saturated rings. The molecule has 1 aliphatic carbocycles. The van der Waals surface area contributed by atoms with E-state index in [0.29, 0.717) is 5.92 Å². The van der Waals surface area contributed by atoms with Crippen LogP contribution in [0.5, 0.6) is 0 Å². The maximum absolute atomic E-state index is 5.21. The van der Waals surface area contributed by atoms with Crippen LogP contribution in [-0.2, 0) is 17.4 Å². The van der Waals surface area contributed by atoms with E-state index in [1.54, 1.807) is 0 Å². The van der Waals surface area contributed by atoms with Crippen molar-refractivity contribution >= 4 is 17.1 Å². The van der Waals surface area contributed by atoms with E-state index < -0.39 is 0 Å². The van der Waals surface area contributed by atoms with E-state index in [1.807, 2.05) is 0 Å². The van der Waals surface area contributed by atoms with E-state index in [4.69, 9.17) is 4.99 Å². The number of nitrogens with zero attached hydrogens (tertiary/aromatic N) is 2. The first-order valence-corrected chi connectivity index (χ1v) is 12.4. The number of hydrogen-bond donors (Lipinski definition) is 0. The van der Waals surface area contributed by atoms with Gasteiger partial charge in [0.2, 0.25) is 0 Å². The Morgan fingerprint density at radius 2 is 1.74 bits per heavy atom. The Kier molecular flexibility index (Phi) is 5.03. The normalized spacial score (nSPS) is 25.6. The molecule has 2 aromatic rings. The van der Waals surface area contributed by atoms with Crippen LogP contribution >= 0.6 is 0 Å². The Hall–Kier alpha value is -2.09. The van der Waals surface area contributed by atoms with Gasteiger partial charge in [-0.25, -0.2) is 0 Å². The SMILES string of the molecule is CC(=Nc1cc2c(cc1C)N1CCc3ccccc3C1(C)CC2(C)C)C1CCCCC1. The molecule has 0 N–H and O–H groups in total. The molecule has 164 valence electrons. The summed E-state index contributed by atoms with van der Waals surface area (Å²) in [6, 6.07) is 14.0. The van der Waals surface area contributed by atoms with E-state index in [9.17, 15) is 0 Å². The van der Waals surface area contributed by atoms with Crippen molar-refractivity contribution in [3.05, 3.63) is 58.7 Å². The Balaban J connectivity index is 1.58. The van der Waals surface area contributed by atoms with Crippen molar-refractivity contribution in [1.29, 1.82) is 0 Å². The summed E-state index contributed by atoms with van der Waals surface area (Å²) in [5, 5.41) is 0. The van der Waals surface area contributed by atoms with Crippen molar-refractivity contribution in [3.8, 4) is 0 Å². The fourth-order valence-electron chi connectivity index (χ4n) is 6.79. The van der Waals surface area contributed by atoms with Gasteiger partial charge < -0.3 is 4.90 Å². The highest BCUT2D eigenvalue weighted by Gasteiger charge is 2.48. The molecule has 0 saturated heterocycles. The molecule has 1 unspecified atom stereocenters. The second kappa shape index (κ2) is 7.50. The molecule has 2 heteroatoms. The zero-order valence-corrected chi connectivity index (χ0v) is 20.1. The van der Waals surface area contributed by atoms with Crippen molar-refractivity contribution < 1.29 is 0 Å². The highest BCUT2D eigenvalue weighted by atomic mass is 15.2. The average Bonchev–Trinajstić information content (AvgIpc) is 2.75. The molecular formula is C29H38N2. The van der Waals surface area contributed by atoms with E-state index in [0.717, 1.165) is 19.4 Å². The first-order chi connectivity index (χ1) is 14.8. The molecule has 0 spiro atoms. The van der Waals surface area contributed by atoms with Gasteiger partial charge in [-0.05, 0) is 92.2 Å². The molecule has 0 bridgehead atoms. The molecule has 2 nitrogen and oxygen atoms in total. The van der Waals surface area contributed by atoms with Crippen molar-refractivity contribution in [1.82, 2.24) is 0 Å². The number of benzene rings is 2. The predicted molar refractivity (Wildman–Crippen MR) is 133 cm³/mol. The third kappa shape index (κ3) is 3.43. The molecule has 2 aliphatic heterocycles. The Morgan fingerprint density at radius 3 is 2.52 bits per heavy atom. The lowest BCUT2D eigenvalue weighted by atomic mass is 9.65. The Labute approximate surface area is 188 Å². The number of rotatable bonds is 2. The predicted octanol–water partition coefficient (Wildman–Crippen LogP) is 7.63. The monoisotopic (exact) mass is 414 g/mol.